The molecular formula is C21H20N2O2. The summed E-state index contributed by atoms with van der Waals surface area (Å²) in [7, 11) is 0. The van der Waals surface area contributed by atoms with Crippen molar-refractivity contribution in [1.82, 2.24) is 0 Å². The zero-order valence-electron chi connectivity index (χ0n) is 13.8. The quantitative estimate of drug-likeness (QED) is 0.548. The van der Waals surface area contributed by atoms with Crippen molar-refractivity contribution >= 4 is 11.4 Å². The lowest BCUT2D eigenvalue weighted by molar-refractivity contribution is 0.263. The van der Waals surface area contributed by atoms with Crippen molar-refractivity contribution in [2.75, 3.05) is 24.7 Å². The first-order valence-corrected chi connectivity index (χ1v) is 8.29. The average molecular weight is 332 g/mol. The standard InChI is InChI=1S/C21H20N2O2/c22-16-6-4-14(5-7-16)20-9-8-17(23)11-21(20)15-2-1-3-18(10-15)24-12-19-13-25-19/h1-11,19H,12-13,22-23H2. The zero-order valence-corrected chi connectivity index (χ0v) is 13.8. The number of ether oxygens (including phenoxy) is 2. The molecule has 25 heavy (non-hydrogen) atoms. The molecule has 1 atom stereocenters. The number of anilines is 2. The molecule has 4 nitrogen and oxygen atoms in total. The molecule has 0 spiro atoms. The molecule has 1 heterocycles. The van der Waals surface area contributed by atoms with Crippen molar-refractivity contribution in [3.05, 3.63) is 66.7 Å². The van der Waals surface area contributed by atoms with Crippen molar-refractivity contribution in [2.45, 2.75) is 6.10 Å². The first-order valence-electron chi connectivity index (χ1n) is 8.29. The van der Waals surface area contributed by atoms with Crippen LogP contribution in [0.3, 0.4) is 0 Å². The van der Waals surface area contributed by atoms with E-state index in [4.69, 9.17) is 20.9 Å². The number of nitrogen functional groups attached to an aromatic ring is 2. The summed E-state index contributed by atoms with van der Waals surface area (Å²) < 4.78 is 11.0. The number of hydrogen-bond acceptors (Lipinski definition) is 4. The molecule has 0 aromatic heterocycles. The van der Waals surface area contributed by atoms with Gasteiger partial charge in [-0.2, -0.15) is 0 Å². The molecule has 0 radical (unpaired) electrons. The fraction of sp³-hybridized carbons (Fsp3) is 0.143. The highest BCUT2D eigenvalue weighted by molar-refractivity contribution is 5.86. The third-order valence-electron chi connectivity index (χ3n) is 4.25. The summed E-state index contributed by atoms with van der Waals surface area (Å²) in [6.07, 6.45) is 0.237. The van der Waals surface area contributed by atoms with E-state index in [0.717, 1.165) is 46.0 Å². The van der Waals surface area contributed by atoms with Crippen LogP contribution in [0.4, 0.5) is 11.4 Å². The Morgan fingerprint density at radius 3 is 2.36 bits per heavy atom. The molecule has 4 N–H and O–H groups in total. The summed E-state index contributed by atoms with van der Waals surface area (Å²) >= 11 is 0. The summed E-state index contributed by atoms with van der Waals surface area (Å²) in [5, 5.41) is 0. The van der Waals surface area contributed by atoms with Crippen LogP contribution in [0.25, 0.3) is 22.3 Å². The van der Waals surface area contributed by atoms with E-state index < -0.39 is 0 Å². The first-order chi connectivity index (χ1) is 12.2. The van der Waals surface area contributed by atoms with Crippen molar-refractivity contribution in [3.63, 3.8) is 0 Å². The summed E-state index contributed by atoms with van der Waals surface area (Å²) in [6.45, 7) is 1.38. The maximum Gasteiger partial charge on any atom is 0.120 e. The van der Waals surface area contributed by atoms with Crippen LogP contribution < -0.4 is 16.2 Å². The molecule has 0 bridgehead atoms. The fourth-order valence-electron chi connectivity index (χ4n) is 2.82. The molecule has 3 aromatic carbocycles. The Morgan fingerprint density at radius 2 is 1.60 bits per heavy atom. The maximum absolute atomic E-state index is 6.04. The Bertz CT molecular complexity index is 887. The molecule has 0 aliphatic carbocycles. The van der Waals surface area contributed by atoms with Gasteiger partial charge in [-0.3, -0.25) is 0 Å². The van der Waals surface area contributed by atoms with Gasteiger partial charge in [-0.05, 0) is 58.7 Å². The normalized spacial score (nSPS) is 15.8. The van der Waals surface area contributed by atoms with E-state index in [-0.39, 0.29) is 6.10 Å². The number of hydrogen-bond donors (Lipinski definition) is 2. The highest BCUT2D eigenvalue weighted by atomic mass is 16.6. The van der Waals surface area contributed by atoms with Gasteiger partial charge in [-0.15, -0.1) is 0 Å². The van der Waals surface area contributed by atoms with Gasteiger partial charge in [0.1, 0.15) is 18.5 Å². The number of rotatable bonds is 5. The third kappa shape index (κ3) is 3.59. The van der Waals surface area contributed by atoms with Crippen LogP contribution in [-0.2, 0) is 4.74 Å². The van der Waals surface area contributed by atoms with Crippen LogP contribution >= 0.6 is 0 Å². The van der Waals surface area contributed by atoms with E-state index in [1.54, 1.807) is 0 Å². The molecule has 1 saturated heterocycles. The Kier molecular flexibility index (Phi) is 4.04. The second-order valence-corrected chi connectivity index (χ2v) is 6.22. The maximum atomic E-state index is 6.04. The van der Waals surface area contributed by atoms with Gasteiger partial charge in [-0.25, -0.2) is 0 Å². The van der Waals surface area contributed by atoms with Gasteiger partial charge < -0.3 is 20.9 Å². The summed E-state index contributed by atoms with van der Waals surface area (Å²) in [6, 6.07) is 21.9. The number of nitrogens with two attached hydrogens (primary N) is 2. The average Bonchev–Trinajstić information content (AvgIpc) is 3.46. The topological polar surface area (TPSA) is 73.8 Å². The second kappa shape index (κ2) is 6.49. The second-order valence-electron chi connectivity index (χ2n) is 6.22. The van der Waals surface area contributed by atoms with Gasteiger partial charge in [0.15, 0.2) is 0 Å². The van der Waals surface area contributed by atoms with Gasteiger partial charge >= 0.3 is 0 Å². The smallest absolute Gasteiger partial charge is 0.120 e. The van der Waals surface area contributed by atoms with Crippen molar-refractivity contribution in [1.29, 1.82) is 0 Å². The third-order valence-corrected chi connectivity index (χ3v) is 4.25. The lowest BCUT2D eigenvalue weighted by Crippen LogP contribution is -2.03. The molecule has 0 amide bonds. The molecule has 0 saturated carbocycles. The van der Waals surface area contributed by atoms with E-state index in [9.17, 15) is 0 Å². The Balaban J connectivity index is 1.72. The zero-order chi connectivity index (χ0) is 17.2. The van der Waals surface area contributed by atoms with Crippen LogP contribution in [0.15, 0.2) is 66.7 Å². The van der Waals surface area contributed by atoms with E-state index in [1.807, 2.05) is 60.7 Å². The lowest BCUT2D eigenvalue weighted by Gasteiger charge is -2.13. The monoisotopic (exact) mass is 332 g/mol. The van der Waals surface area contributed by atoms with Crippen molar-refractivity contribution in [3.8, 4) is 28.0 Å². The van der Waals surface area contributed by atoms with E-state index in [1.165, 1.54) is 0 Å². The molecule has 3 aromatic rings. The molecule has 1 fully saturated rings. The summed E-state index contributed by atoms with van der Waals surface area (Å²) in [4.78, 5) is 0. The summed E-state index contributed by atoms with van der Waals surface area (Å²) in [5.41, 5.74) is 17.7. The Hall–Kier alpha value is -2.98. The number of benzene rings is 3. The SMILES string of the molecule is Nc1ccc(-c2ccc(N)cc2-c2cccc(OCC3CO3)c2)cc1. The van der Waals surface area contributed by atoms with Crippen LogP contribution in [-0.4, -0.2) is 19.3 Å². The van der Waals surface area contributed by atoms with Crippen LogP contribution in [0.1, 0.15) is 0 Å². The highest BCUT2D eigenvalue weighted by Crippen LogP contribution is 2.35. The molecule has 1 unspecified atom stereocenters. The van der Waals surface area contributed by atoms with Crippen LogP contribution in [0, 0.1) is 0 Å². The first kappa shape index (κ1) is 15.5. The molecule has 1 aliphatic rings. The van der Waals surface area contributed by atoms with E-state index in [0.29, 0.717) is 6.61 Å². The van der Waals surface area contributed by atoms with Gasteiger partial charge in [0, 0.05) is 11.4 Å². The van der Waals surface area contributed by atoms with E-state index >= 15 is 0 Å². The largest absolute Gasteiger partial charge is 0.491 e. The van der Waals surface area contributed by atoms with Gasteiger partial charge in [0.25, 0.3) is 0 Å². The van der Waals surface area contributed by atoms with Gasteiger partial charge in [0.05, 0.1) is 6.61 Å². The molecule has 126 valence electrons. The molecular weight excluding hydrogens is 312 g/mol. The highest BCUT2D eigenvalue weighted by Gasteiger charge is 2.23. The molecule has 4 rings (SSSR count). The Morgan fingerprint density at radius 1 is 0.840 bits per heavy atom. The van der Waals surface area contributed by atoms with Gasteiger partial charge in [0.2, 0.25) is 0 Å². The van der Waals surface area contributed by atoms with E-state index in [2.05, 4.69) is 6.07 Å². The minimum Gasteiger partial charge on any atom is -0.491 e. The van der Waals surface area contributed by atoms with Crippen molar-refractivity contribution in [2.24, 2.45) is 0 Å². The minimum atomic E-state index is 0.237. The predicted molar refractivity (Wildman–Crippen MR) is 101 cm³/mol. The summed E-state index contributed by atoms with van der Waals surface area (Å²) in [5.74, 6) is 0.832. The van der Waals surface area contributed by atoms with Crippen LogP contribution in [0.2, 0.25) is 0 Å². The minimum absolute atomic E-state index is 0.237. The van der Waals surface area contributed by atoms with Crippen LogP contribution in [0.5, 0.6) is 5.75 Å². The predicted octanol–water partition coefficient (Wildman–Crippen LogP) is 3.96. The fourth-order valence-corrected chi connectivity index (χ4v) is 2.82. The molecule has 4 heteroatoms. The van der Waals surface area contributed by atoms with Gasteiger partial charge in [-0.1, -0.05) is 30.3 Å². The lowest BCUT2D eigenvalue weighted by atomic mass is 9.94. The van der Waals surface area contributed by atoms with Crippen molar-refractivity contribution < 1.29 is 9.47 Å². The molecule has 1 aliphatic heterocycles. The Labute approximate surface area is 147 Å². The number of epoxide rings is 1.